The molecule has 1 saturated heterocycles. The first kappa shape index (κ1) is 15.8. The predicted molar refractivity (Wildman–Crippen MR) is 82.4 cm³/mol. The molecule has 0 N–H and O–H groups in total. The van der Waals surface area contributed by atoms with E-state index in [9.17, 15) is 14.9 Å². The Balaban J connectivity index is 2.10. The maximum absolute atomic E-state index is 11.7. The van der Waals surface area contributed by atoms with Crippen LogP contribution in [0, 0.1) is 16.0 Å². The van der Waals surface area contributed by atoms with Crippen LogP contribution in [0.3, 0.4) is 0 Å². The minimum atomic E-state index is -0.376. The maximum Gasteiger partial charge on any atom is 0.309 e. The number of esters is 1. The number of rotatable bonds is 4. The van der Waals surface area contributed by atoms with Crippen LogP contribution in [0.1, 0.15) is 19.8 Å². The van der Waals surface area contributed by atoms with Crippen molar-refractivity contribution in [3.05, 3.63) is 32.8 Å². The summed E-state index contributed by atoms with van der Waals surface area (Å²) in [7, 11) is 0. The first-order valence-electron chi connectivity index (χ1n) is 6.88. The Hall–Kier alpha value is -1.63. The average Bonchev–Trinajstić information content (AvgIpc) is 2.47. The number of piperidine rings is 1. The number of halogens is 1. The quantitative estimate of drug-likeness (QED) is 0.470. The molecule has 1 aromatic rings. The van der Waals surface area contributed by atoms with Crippen molar-refractivity contribution in [2.75, 3.05) is 24.6 Å². The van der Waals surface area contributed by atoms with Crippen molar-refractivity contribution in [2.45, 2.75) is 19.8 Å². The van der Waals surface area contributed by atoms with Gasteiger partial charge in [-0.25, -0.2) is 0 Å². The fourth-order valence-corrected chi connectivity index (χ4v) is 2.87. The maximum atomic E-state index is 11.7. The van der Waals surface area contributed by atoms with Gasteiger partial charge < -0.3 is 9.64 Å². The van der Waals surface area contributed by atoms with Crippen LogP contribution in [0.4, 0.5) is 11.4 Å². The van der Waals surface area contributed by atoms with Crippen molar-refractivity contribution in [1.29, 1.82) is 0 Å². The van der Waals surface area contributed by atoms with Crippen LogP contribution in [-0.2, 0) is 9.53 Å². The number of hydrogen-bond donors (Lipinski definition) is 0. The Morgan fingerprint density at radius 3 is 2.71 bits per heavy atom. The summed E-state index contributed by atoms with van der Waals surface area (Å²) >= 11 is 3.34. The first-order valence-corrected chi connectivity index (χ1v) is 7.67. The van der Waals surface area contributed by atoms with E-state index in [1.165, 1.54) is 6.07 Å². The number of benzene rings is 1. The number of nitro benzene ring substituents is 1. The first-order chi connectivity index (χ1) is 10.0. The van der Waals surface area contributed by atoms with Gasteiger partial charge in [-0.1, -0.05) is 15.9 Å². The Morgan fingerprint density at radius 1 is 1.48 bits per heavy atom. The lowest BCUT2D eigenvalue weighted by atomic mass is 9.96. The fourth-order valence-electron chi connectivity index (χ4n) is 2.52. The fraction of sp³-hybridized carbons (Fsp3) is 0.500. The second kappa shape index (κ2) is 6.89. The SMILES string of the molecule is CCOC(=O)C1CCN(c2cc(Br)ccc2[N+](=O)[O-])CC1. The van der Waals surface area contributed by atoms with Gasteiger partial charge >= 0.3 is 5.97 Å². The molecule has 1 aromatic carbocycles. The molecule has 21 heavy (non-hydrogen) atoms. The smallest absolute Gasteiger partial charge is 0.309 e. The summed E-state index contributed by atoms with van der Waals surface area (Å²) < 4.78 is 5.83. The van der Waals surface area contributed by atoms with Crippen LogP contribution < -0.4 is 4.90 Å². The molecule has 1 aliphatic heterocycles. The van der Waals surface area contributed by atoms with E-state index in [1.807, 2.05) is 4.90 Å². The topological polar surface area (TPSA) is 72.7 Å². The molecule has 2 rings (SSSR count). The highest BCUT2D eigenvalue weighted by Crippen LogP contribution is 2.34. The molecular formula is C14H17BrN2O4. The predicted octanol–water partition coefficient (Wildman–Crippen LogP) is 3.14. The van der Waals surface area contributed by atoms with Crippen LogP contribution in [0.2, 0.25) is 0 Å². The molecule has 0 atom stereocenters. The Kier molecular flexibility index (Phi) is 5.17. The molecule has 7 heteroatoms. The van der Waals surface area contributed by atoms with Crippen molar-refractivity contribution in [2.24, 2.45) is 5.92 Å². The minimum Gasteiger partial charge on any atom is -0.466 e. The highest BCUT2D eigenvalue weighted by molar-refractivity contribution is 9.10. The number of nitrogens with zero attached hydrogens (tertiary/aromatic N) is 2. The molecule has 0 unspecified atom stereocenters. The van der Waals surface area contributed by atoms with Gasteiger partial charge in [0.15, 0.2) is 0 Å². The normalized spacial score (nSPS) is 15.8. The highest BCUT2D eigenvalue weighted by Gasteiger charge is 2.29. The Morgan fingerprint density at radius 2 is 2.14 bits per heavy atom. The lowest BCUT2D eigenvalue weighted by Crippen LogP contribution is -2.37. The monoisotopic (exact) mass is 356 g/mol. The van der Waals surface area contributed by atoms with Gasteiger partial charge in [0.2, 0.25) is 0 Å². The average molecular weight is 357 g/mol. The Bertz CT molecular complexity index is 542. The second-order valence-corrected chi connectivity index (χ2v) is 5.82. The van der Waals surface area contributed by atoms with Gasteiger partial charge in [0.25, 0.3) is 5.69 Å². The summed E-state index contributed by atoms with van der Waals surface area (Å²) in [5, 5.41) is 11.1. The number of carbonyl (C=O) groups is 1. The molecule has 1 heterocycles. The molecule has 0 saturated carbocycles. The van der Waals surface area contributed by atoms with E-state index in [4.69, 9.17) is 4.74 Å². The van der Waals surface area contributed by atoms with E-state index >= 15 is 0 Å². The van der Waals surface area contributed by atoms with Gasteiger partial charge in [0, 0.05) is 23.6 Å². The Labute approximate surface area is 131 Å². The van der Waals surface area contributed by atoms with Crippen molar-refractivity contribution in [3.63, 3.8) is 0 Å². The molecule has 0 aliphatic carbocycles. The second-order valence-electron chi connectivity index (χ2n) is 4.90. The number of nitro groups is 1. The van der Waals surface area contributed by atoms with Gasteiger partial charge in [-0.15, -0.1) is 0 Å². The van der Waals surface area contributed by atoms with Crippen LogP contribution in [0.15, 0.2) is 22.7 Å². The molecule has 0 radical (unpaired) electrons. The summed E-state index contributed by atoms with van der Waals surface area (Å²) in [6.45, 7) is 3.40. The van der Waals surface area contributed by atoms with Crippen LogP contribution in [0.5, 0.6) is 0 Å². The molecule has 0 amide bonds. The molecule has 1 fully saturated rings. The number of carbonyl (C=O) groups excluding carboxylic acids is 1. The van der Waals surface area contributed by atoms with Gasteiger partial charge in [-0.05, 0) is 31.9 Å². The van der Waals surface area contributed by atoms with E-state index in [2.05, 4.69) is 15.9 Å². The van der Waals surface area contributed by atoms with Crippen LogP contribution in [0.25, 0.3) is 0 Å². The third-order valence-corrected chi connectivity index (χ3v) is 4.08. The van der Waals surface area contributed by atoms with E-state index in [-0.39, 0.29) is 22.5 Å². The van der Waals surface area contributed by atoms with E-state index < -0.39 is 0 Å². The zero-order valence-electron chi connectivity index (χ0n) is 11.8. The lowest BCUT2D eigenvalue weighted by molar-refractivity contribution is -0.384. The molecule has 0 spiro atoms. The van der Waals surface area contributed by atoms with Gasteiger partial charge in [-0.2, -0.15) is 0 Å². The van der Waals surface area contributed by atoms with Gasteiger partial charge in [0.05, 0.1) is 17.4 Å². The lowest BCUT2D eigenvalue weighted by Gasteiger charge is -2.32. The minimum absolute atomic E-state index is 0.0905. The standard InChI is InChI=1S/C14H17BrN2O4/c1-2-21-14(18)10-5-7-16(8-6-10)13-9-11(15)3-4-12(13)17(19)20/h3-4,9-10H,2,5-8H2,1H3. The van der Waals surface area contributed by atoms with Crippen molar-refractivity contribution in [3.8, 4) is 0 Å². The molecular weight excluding hydrogens is 340 g/mol. The van der Waals surface area contributed by atoms with E-state index in [0.717, 1.165) is 4.47 Å². The number of anilines is 1. The summed E-state index contributed by atoms with van der Waals surface area (Å²) in [6, 6.07) is 4.91. The van der Waals surface area contributed by atoms with Crippen LogP contribution >= 0.6 is 15.9 Å². The number of ether oxygens (including phenoxy) is 1. The van der Waals surface area contributed by atoms with Crippen molar-refractivity contribution < 1.29 is 14.5 Å². The molecule has 0 bridgehead atoms. The van der Waals surface area contributed by atoms with E-state index in [1.54, 1.807) is 19.1 Å². The molecule has 1 aliphatic rings. The largest absolute Gasteiger partial charge is 0.466 e. The van der Waals surface area contributed by atoms with Crippen LogP contribution in [-0.4, -0.2) is 30.6 Å². The molecule has 6 nitrogen and oxygen atoms in total. The summed E-state index contributed by atoms with van der Waals surface area (Å²) in [5.41, 5.74) is 0.685. The zero-order chi connectivity index (χ0) is 15.4. The number of hydrogen-bond acceptors (Lipinski definition) is 5. The van der Waals surface area contributed by atoms with Gasteiger partial charge in [-0.3, -0.25) is 14.9 Å². The molecule has 0 aromatic heterocycles. The van der Waals surface area contributed by atoms with Crippen molar-refractivity contribution >= 4 is 33.3 Å². The third kappa shape index (κ3) is 3.72. The van der Waals surface area contributed by atoms with Crippen molar-refractivity contribution in [1.82, 2.24) is 0 Å². The van der Waals surface area contributed by atoms with E-state index in [0.29, 0.717) is 38.2 Å². The van der Waals surface area contributed by atoms with Gasteiger partial charge in [0.1, 0.15) is 5.69 Å². The molecule has 114 valence electrons. The third-order valence-electron chi connectivity index (χ3n) is 3.59. The zero-order valence-corrected chi connectivity index (χ0v) is 13.3. The summed E-state index contributed by atoms with van der Waals surface area (Å²) in [5.74, 6) is -0.270. The summed E-state index contributed by atoms with van der Waals surface area (Å²) in [4.78, 5) is 24.4. The summed E-state index contributed by atoms with van der Waals surface area (Å²) in [6.07, 6.45) is 1.31. The highest BCUT2D eigenvalue weighted by atomic mass is 79.9.